The molecular weight excluding hydrogens is 384 g/mol. The summed E-state index contributed by atoms with van der Waals surface area (Å²) in [5.41, 5.74) is 1.45. The van der Waals surface area contributed by atoms with Crippen LogP contribution in [0.25, 0.3) is 0 Å². The van der Waals surface area contributed by atoms with Gasteiger partial charge >= 0.3 is 5.97 Å². The van der Waals surface area contributed by atoms with Crippen molar-refractivity contribution in [1.82, 2.24) is 19.8 Å². The fraction of sp³-hybridized carbons (Fsp3) is 0.500. The van der Waals surface area contributed by atoms with E-state index in [1.54, 1.807) is 17.2 Å². The number of carboxylic acids is 1. The number of carbonyl (C=O) groups is 2. The summed E-state index contributed by atoms with van der Waals surface area (Å²) >= 11 is 0. The van der Waals surface area contributed by atoms with E-state index in [1.807, 2.05) is 18.3 Å². The number of carboxylic acid groups (broad SMARTS) is 1. The van der Waals surface area contributed by atoms with Gasteiger partial charge < -0.3 is 19.7 Å². The molecule has 1 aromatic heterocycles. The summed E-state index contributed by atoms with van der Waals surface area (Å²) in [5, 5.41) is 9.83. The van der Waals surface area contributed by atoms with Crippen LogP contribution in [0.5, 0.6) is 5.75 Å². The maximum absolute atomic E-state index is 13.3. The Morgan fingerprint density at radius 2 is 2.13 bits per heavy atom. The molecule has 5 rings (SSSR count). The number of amides is 1. The van der Waals surface area contributed by atoms with Crippen molar-refractivity contribution in [3.8, 4) is 5.75 Å². The number of rotatable bonds is 4. The molecule has 0 radical (unpaired) electrons. The van der Waals surface area contributed by atoms with E-state index in [4.69, 9.17) is 4.74 Å². The molecule has 3 aliphatic heterocycles. The van der Waals surface area contributed by atoms with Gasteiger partial charge in [-0.25, -0.2) is 9.78 Å². The number of H-pyrrole nitrogens is 1. The van der Waals surface area contributed by atoms with Crippen molar-refractivity contribution in [3.63, 3.8) is 0 Å². The molecule has 8 heteroatoms. The van der Waals surface area contributed by atoms with Gasteiger partial charge in [0.15, 0.2) is 0 Å². The number of ether oxygens (including phenoxy) is 1. The number of imidazole rings is 1. The van der Waals surface area contributed by atoms with Crippen LogP contribution in [-0.4, -0.2) is 69.0 Å². The molecule has 158 valence electrons. The Morgan fingerprint density at radius 1 is 1.30 bits per heavy atom. The molecule has 1 amide bonds. The molecule has 1 atom stereocenters. The van der Waals surface area contributed by atoms with E-state index in [-0.39, 0.29) is 11.3 Å². The molecule has 1 spiro atoms. The summed E-state index contributed by atoms with van der Waals surface area (Å²) in [7, 11) is 0. The first-order valence-electron chi connectivity index (χ1n) is 10.5. The Balaban J connectivity index is 1.30. The topological polar surface area (TPSA) is 98.8 Å². The molecule has 2 fully saturated rings. The molecule has 1 aromatic carbocycles. The summed E-state index contributed by atoms with van der Waals surface area (Å²) in [6.07, 6.45) is 6.66. The van der Waals surface area contributed by atoms with Gasteiger partial charge in [-0.15, -0.1) is 0 Å². The van der Waals surface area contributed by atoms with Crippen molar-refractivity contribution in [2.24, 2.45) is 5.41 Å². The van der Waals surface area contributed by atoms with Crippen molar-refractivity contribution in [1.29, 1.82) is 0 Å². The summed E-state index contributed by atoms with van der Waals surface area (Å²) in [5.74, 6) is 0.663. The Labute approximate surface area is 174 Å². The van der Waals surface area contributed by atoms with E-state index in [0.29, 0.717) is 25.1 Å². The molecule has 3 aliphatic rings. The number of likely N-dealkylation sites (tertiary alicyclic amines) is 2. The van der Waals surface area contributed by atoms with Gasteiger partial charge in [-0.2, -0.15) is 0 Å². The second-order valence-electron chi connectivity index (χ2n) is 8.72. The maximum atomic E-state index is 13.3. The lowest BCUT2D eigenvalue weighted by molar-refractivity contribution is -0.141. The molecular formula is C22H26N4O4. The van der Waals surface area contributed by atoms with E-state index in [0.717, 1.165) is 56.0 Å². The second-order valence-corrected chi connectivity index (χ2v) is 8.72. The maximum Gasteiger partial charge on any atom is 0.326 e. The van der Waals surface area contributed by atoms with Crippen molar-refractivity contribution in [3.05, 3.63) is 47.5 Å². The van der Waals surface area contributed by atoms with E-state index in [9.17, 15) is 14.7 Å². The van der Waals surface area contributed by atoms with E-state index in [2.05, 4.69) is 14.9 Å². The van der Waals surface area contributed by atoms with Gasteiger partial charge in [-0.05, 0) is 61.5 Å². The van der Waals surface area contributed by atoms with Gasteiger partial charge in [0.25, 0.3) is 5.91 Å². The minimum Gasteiger partial charge on any atom is -0.493 e. The highest BCUT2D eigenvalue weighted by molar-refractivity contribution is 5.97. The molecule has 0 bridgehead atoms. The zero-order chi connectivity index (χ0) is 20.7. The number of hydrogen-bond donors (Lipinski definition) is 2. The minimum atomic E-state index is -0.914. The number of aromatic nitrogens is 2. The molecule has 1 unspecified atom stereocenters. The molecule has 2 N–H and O–H groups in total. The fourth-order valence-electron chi connectivity index (χ4n) is 5.12. The highest BCUT2D eigenvalue weighted by Crippen LogP contribution is 2.44. The molecule has 0 aliphatic carbocycles. The highest BCUT2D eigenvalue weighted by atomic mass is 16.5. The number of carbonyl (C=O) groups excluding carboxylic acids is 1. The Kier molecular flexibility index (Phi) is 4.73. The van der Waals surface area contributed by atoms with Crippen molar-refractivity contribution in [2.45, 2.75) is 38.3 Å². The number of fused-ring (bicyclic) bond motifs is 1. The third-order valence-corrected chi connectivity index (χ3v) is 6.84. The summed E-state index contributed by atoms with van der Waals surface area (Å²) in [4.78, 5) is 36.6. The molecule has 0 saturated carbocycles. The van der Waals surface area contributed by atoms with Gasteiger partial charge in [0.1, 0.15) is 17.6 Å². The number of aliphatic carboxylic acids is 1. The second kappa shape index (κ2) is 7.43. The Morgan fingerprint density at radius 3 is 2.87 bits per heavy atom. The number of hydrogen-bond acceptors (Lipinski definition) is 5. The van der Waals surface area contributed by atoms with E-state index < -0.39 is 12.0 Å². The third kappa shape index (κ3) is 3.45. The molecule has 4 heterocycles. The zero-order valence-electron chi connectivity index (χ0n) is 16.8. The van der Waals surface area contributed by atoms with Gasteiger partial charge in [-0.3, -0.25) is 9.69 Å². The van der Waals surface area contributed by atoms with Crippen LogP contribution in [0.4, 0.5) is 0 Å². The van der Waals surface area contributed by atoms with Crippen LogP contribution < -0.4 is 4.74 Å². The van der Waals surface area contributed by atoms with Crippen LogP contribution in [0.15, 0.2) is 30.6 Å². The lowest BCUT2D eigenvalue weighted by Crippen LogP contribution is -2.43. The number of nitrogens with one attached hydrogen (secondary N) is 1. The van der Waals surface area contributed by atoms with E-state index >= 15 is 0 Å². The summed E-state index contributed by atoms with van der Waals surface area (Å²) in [6, 6.07) is 4.67. The Bertz CT molecular complexity index is 950. The largest absolute Gasteiger partial charge is 0.493 e. The third-order valence-electron chi connectivity index (χ3n) is 6.84. The average molecular weight is 410 g/mol. The standard InChI is InChI=1S/C22H26N4O4/c27-20(16-1-2-18-15(11-16)3-10-30-18)26-14-22(12-17(26)21(28)29)4-8-25(9-5-22)13-19-23-6-7-24-19/h1-2,6-7,11,17H,3-5,8-10,12-14H2,(H,23,24)(H,28,29). The molecule has 2 aromatic rings. The molecule has 8 nitrogen and oxygen atoms in total. The lowest BCUT2D eigenvalue weighted by Gasteiger charge is -2.38. The van der Waals surface area contributed by atoms with Gasteiger partial charge in [0, 0.05) is 30.9 Å². The van der Waals surface area contributed by atoms with Gasteiger partial charge in [-0.1, -0.05) is 0 Å². The monoisotopic (exact) mass is 410 g/mol. The van der Waals surface area contributed by atoms with Crippen LogP contribution in [0.1, 0.15) is 41.0 Å². The first-order chi connectivity index (χ1) is 14.5. The van der Waals surface area contributed by atoms with Crippen molar-refractivity contribution >= 4 is 11.9 Å². The SMILES string of the molecule is O=C(O)C1CC2(CCN(Cc3ncc[nH]3)CC2)CN1C(=O)c1ccc2c(c1)CCO2. The van der Waals surface area contributed by atoms with Crippen LogP contribution in [0.2, 0.25) is 0 Å². The fourth-order valence-corrected chi connectivity index (χ4v) is 5.12. The number of aromatic amines is 1. The number of benzene rings is 1. The van der Waals surface area contributed by atoms with E-state index in [1.165, 1.54) is 0 Å². The average Bonchev–Trinajstić information content (AvgIpc) is 3.49. The minimum absolute atomic E-state index is 0.127. The molecule has 2 saturated heterocycles. The van der Waals surface area contributed by atoms with Gasteiger partial charge in [0.2, 0.25) is 0 Å². The quantitative estimate of drug-likeness (QED) is 0.799. The normalized spacial score (nSPS) is 22.8. The zero-order valence-corrected chi connectivity index (χ0v) is 16.8. The summed E-state index contributed by atoms with van der Waals surface area (Å²) < 4.78 is 5.53. The van der Waals surface area contributed by atoms with Gasteiger partial charge in [0.05, 0.1) is 13.2 Å². The van der Waals surface area contributed by atoms with Crippen LogP contribution in [0, 0.1) is 5.41 Å². The van der Waals surface area contributed by atoms with Crippen molar-refractivity contribution < 1.29 is 19.4 Å². The number of piperidine rings is 1. The summed E-state index contributed by atoms with van der Waals surface area (Å²) in [6.45, 7) is 3.67. The smallest absolute Gasteiger partial charge is 0.326 e. The Hall–Kier alpha value is -2.87. The molecule has 30 heavy (non-hydrogen) atoms. The lowest BCUT2D eigenvalue weighted by atomic mass is 9.76. The number of nitrogens with zero attached hydrogens (tertiary/aromatic N) is 3. The van der Waals surface area contributed by atoms with Crippen LogP contribution >= 0.6 is 0 Å². The van der Waals surface area contributed by atoms with Crippen LogP contribution in [0.3, 0.4) is 0 Å². The first-order valence-corrected chi connectivity index (χ1v) is 10.5. The van der Waals surface area contributed by atoms with Crippen LogP contribution in [-0.2, 0) is 17.8 Å². The predicted molar refractivity (Wildman–Crippen MR) is 108 cm³/mol. The van der Waals surface area contributed by atoms with Crippen molar-refractivity contribution in [2.75, 3.05) is 26.2 Å². The predicted octanol–water partition coefficient (Wildman–Crippen LogP) is 1.93. The first kappa shape index (κ1) is 19.1. The highest BCUT2D eigenvalue weighted by Gasteiger charge is 2.50.